The van der Waals surface area contributed by atoms with Gasteiger partial charge in [0.05, 0.1) is 6.61 Å². The lowest BCUT2D eigenvalue weighted by Gasteiger charge is -2.22. The van der Waals surface area contributed by atoms with E-state index in [1.165, 1.54) is 0 Å². The molecule has 0 aromatic carbocycles. The maximum atomic E-state index is 5.57. The fourth-order valence-electron chi connectivity index (χ4n) is 1.28. The van der Waals surface area contributed by atoms with E-state index >= 15 is 0 Å². The summed E-state index contributed by atoms with van der Waals surface area (Å²) < 4.78 is 5.07. The molecule has 0 aliphatic rings. The van der Waals surface area contributed by atoms with Crippen LogP contribution in [-0.2, 0) is 4.74 Å². The molecule has 0 fully saturated rings. The summed E-state index contributed by atoms with van der Waals surface area (Å²) in [6, 6.07) is 0. The van der Waals surface area contributed by atoms with Crippen LogP contribution in [0.1, 0.15) is 13.8 Å². The molecule has 0 spiro atoms. The summed E-state index contributed by atoms with van der Waals surface area (Å²) in [5.74, 6) is 1.29. The van der Waals surface area contributed by atoms with Crippen LogP contribution in [0.25, 0.3) is 0 Å². The largest absolute Gasteiger partial charge is 0.383 e. The summed E-state index contributed by atoms with van der Waals surface area (Å²) >= 11 is 5.57. The summed E-state index contributed by atoms with van der Waals surface area (Å²) in [5.41, 5.74) is 0. The van der Waals surface area contributed by atoms with Crippen molar-refractivity contribution in [1.82, 2.24) is 4.90 Å². The summed E-state index contributed by atoms with van der Waals surface area (Å²) in [4.78, 5) is 2.37. The average Bonchev–Trinajstić information content (AvgIpc) is 2.13. The van der Waals surface area contributed by atoms with Crippen molar-refractivity contribution in [3.63, 3.8) is 0 Å². The molecule has 0 amide bonds. The SMILES string of the molecule is COCCN(CC=CCCl)CC(C)C. The monoisotopic (exact) mass is 219 g/mol. The van der Waals surface area contributed by atoms with Crippen LogP contribution in [0, 0.1) is 5.92 Å². The standard InChI is InChI=1S/C11H22ClNO/c1-11(2)10-13(8-9-14-3)7-5-4-6-12/h4-5,11H,6-10H2,1-3H3. The first-order valence-corrected chi connectivity index (χ1v) is 5.66. The average molecular weight is 220 g/mol. The second-order valence-corrected chi connectivity index (χ2v) is 4.08. The van der Waals surface area contributed by atoms with Gasteiger partial charge in [0.15, 0.2) is 0 Å². The van der Waals surface area contributed by atoms with Gasteiger partial charge in [-0.25, -0.2) is 0 Å². The van der Waals surface area contributed by atoms with E-state index in [1.54, 1.807) is 7.11 Å². The number of rotatable bonds is 8. The van der Waals surface area contributed by atoms with E-state index in [-0.39, 0.29) is 0 Å². The van der Waals surface area contributed by atoms with E-state index in [0.29, 0.717) is 11.8 Å². The van der Waals surface area contributed by atoms with Gasteiger partial charge in [0.25, 0.3) is 0 Å². The van der Waals surface area contributed by atoms with Gasteiger partial charge in [0.1, 0.15) is 0 Å². The van der Waals surface area contributed by atoms with Crippen molar-refractivity contribution in [3.8, 4) is 0 Å². The number of methoxy groups -OCH3 is 1. The van der Waals surface area contributed by atoms with Crippen LogP contribution in [0.2, 0.25) is 0 Å². The maximum Gasteiger partial charge on any atom is 0.0589 e. The molecule has 0 aromatic heterocycles. The zero-order valence-electron chi connectivity index (χ0n) is 9.50. The third kappa shape index (κ3) is 8.54. The molecule has 0 N–H and O–H groups in total. The molecule has 0 aliphatic heterocycles. The highest BCUT2D eigenvalue weighted by Crippen LogP contribution is 1.98. The Morgan fingerprint density at radius 2 is 2.07 bits per heavy atom. The molecule has 0 unspecified atom stereocenters. The molecule has 0 bridgehead atoms. The molecule has 0 radical (unpaired) electrons. The van der Waals surface area contributed by atoms with E-state index in [1.807, 2.05) is 6.08 Å². The van der Waals surface area contributed by atoms with Crippen molar-refractivity contribution in [2.24, 2.45) is 5.92 Å². The van der Waals surface area contributed by atoms with Gasteiger partial charge in [-0.15, -0.1) is 11.6 Å². The van der Waals surface area contributed by atoms with Crippen LogP contribution in [0.3, 0.4) is 0 Å². The third-order valence-electron chi connectivity index (χ3n) is 1.85. The number of ether oxygens (including phenoxy) is 1. The maximum absolute atomic E-state index is 5.57. The smallest absolute Gasteiger partial charge is 0.0589 e. The first-order chi connectivity index (χ1) is 6.70. The number of allylic oxidation sites excluding steroid dienone is 1. The second-order valence-electron chi connectivity index (χ2n) is 3.77. The predicted molar refractivity (Wildman–Crippen MR) is 63.0 cm³/mol. The van der Waals surface area contributed by atoms with Gasteiger partial charge < -0.3 is 4.74 Å². The Kier molecular flexibility index (Phi) is 9.47. The van der Waals surface area contributed by atoms with Crippen molar-refractivity contribution in [1.29, 1.82) is 0 Å². The lowest BCUT2D eigenvalue weighted by Crippen LogP contribution is -2.31. The first-order valence-electron chi connectivity index (χ1n) is 5.13. The fraction of sp³-hybridized carbons (Fsp3) is 0.818. The fourth-order valence-corrected chi connectivity index (χ4v) is 1.41. The molecule has 0 aliphatic carbocycles. The summed E-state index contributed by atoms with van der Waals surface area (Å²) in [5, 5.41) is 0. The minimum atomic E-state index is 0.597. The van der Waals surface area contributed by atoms with Crippen molar-refractivity contribution in [2.75, 3.05) is 39.2 Å². The Hall–Kier alpha value is -0.0500. The Morgan fingerprint density at radius 3 is 2.57 bits per heavy atom. The van der Waals surface area contributed by atoms with Crippen LogP contribution in [0.4, 0.5) is 0 Å². The van der Waals surface area contributed by atoms with E-state index in [0.717, 1.165) is 26.2 Å². The van der Waals surface area contributed by atoms with Crippen molar-refractivity contribution in [2.45, 2.75) is 13.8 Å². The number of hydrogen-bond donors (Lipinski definition) is 0. The molecular weight excluding hydrogens is 198 g/mol. The Bertz CT molecular complexity index is 148. The van der Waals surface area contributed by atoms with E-state index in [9.17, 15) is 0 Å². The topological polar surface area (TPSA) is 12.5 Å². The van der Waals surface area contributed by atoms with Gasteiger partial charge in [-0.05, 0) is 5.92 Å². The Balaban J connectivity index is 3.77. The summed E-state index contributed by atoms with van der Waals surface area (Å²) in [6.45, 7) is 8.31. The Morgan fingerprint density at radius 1 is 1.36 bits per heavy atom. The summed E-state index contributed by atoms with van der Waals surface area (Å²) in [6.07, 6.45) is 4.10. The molecule has 0 rings (SSSR count). The lowest BCUT2D eigenvalue weighted by molar-refractivity contribution is 0.147. The highest BCUT2D eigenvalue weighted by Gasteiger charge is 2.04. The third-order valence-corrected chi connectivity index (χ3v) is 2.03. The molecule has 0 atom stereocenters. The van der Waals surface area contributed by atoms with Gasteiger partial charge in [-0.2, -0.15) is 0 Å². The highest BCUT2D eigenvalue weighted by atomic mass is 35.5. The molecular formula is C11H22ClNO. The normalized spacial score (nSPS) is 12.1. The van der Waals surface area contributed by atoms with Crippen LogP contribution >= 0.6 is 11.6 Å². The van der Waals surface area contributed by atoms with E-state index in [4.69, 9.17) is 16.3 Å². The van der Waals surface area contributed by atoms with E-state index < -0.39 is 0 Å². The van der Waals surface area contributed by atoms with Crippen molar-refractivity contribution in [3.05, 3.63) is 12.2 Å². The second kappa shape index (κ2) is 9.50. The van der Waals surface area contributed by atoms with Gasteiger partial charge >= 0.3 is 0 Å². The zero-order valence-corrected chi connectivity index (χ0v) is 10.3. The van der Waals surface area contributed by atoms with Gasteiger partial charge in [-0.1, -0.05) is 26.0 Å². The van der Waals surface area contributed by atoms with Crippen LogP contribution in [0.15, 0.2) is 12.2 Å². The molecule has 0 saturated heterocycles. The molecule has 14 heavy (non-hydrogen) atoms. The van der Waals surface area contributed by atoms with Gasteiger partial charge in [0, 0.05) is 32.6 Å². The zero-order chi connectivity index (χ0) is 10.8. The number of halogens is 1. The summed E-state index contributed by atoms with van der Waals surface area (Å²) in [7, 11) is 1.74. The minimum Gasteiger partial charge on any atom is -0.383 e. The number of alkyl halides is 1. The quantitative estimate of drug-likeness (QED) is 0.459. The minimum absolute atomic E-state index is 0.597. The predicted octanol–water partition coefficient (Wildman–Crippen LogP) is 2.39. The van der Waals surface area contributed by atoms with Crippen molar-refractivity contribution < 1.29 is 4.74 Å². The molecule has 84 valence electrons. The van der Waals surface area contributed by atoms with Crippen molar-refractivity contribution >= 4 is 11.6 Å². The van der Waals surface area contributed by atoms with Crippen LogP contribution in [0.5, 0.6) is 0 Å². The number of nitrogens with zero attached hydrogens (tertiary/aromatic N) is 1. The molecule has 0 heterocycles. The molecule has 3 heteroatoms. The van der Waals surface area contributed by atoms with Gasteiger partial charge in [0.2, 0.25) is 0 Å². The first kappa shape index (κ1) is 13.9. The molecule has 0 aromatic rings. The van der Waals surface area contributed by atoms with Crippen LogP contribution < -0.4 is 0 Å². The molecule has 2 nitrogen and oxygen atoms in total. The van der Waals surface area contributed by atoms with E-state index in [2.05, 4.69) is 24.8 Å². The van der Waals surface area contributed by atoms with Crippen LogP contribution in [-0.4, -0.2) is 44.1 Å². The lowest BCUT2D eigenvalue weighted by atomic mass is 10.2. The highest BCUT2D eigenvalue weighted by molar-refractivity contribution is 6.18. The number of hydrogen-bond acceptors (Lipinski definition) is 2. The Labute approximate surface area is 92.9 Å². The molecule has 0 saturated carbocycles. The van der Waals surface area contributed by atoms with Gasteiger partial charge in [-0.3, -0.25) is 4.90 Å².